The van der Waals surface area contributed by atoms with Crippen LogP contribution in [-0.2, 0) is 6.54 Å². The molecule has 0 bridgehead atoms. The molecule has 0 saturated heterocycles. The minimum atomic E-state index is -0.209. The van der Waals surface area contributed by atoms with Crippen LogP contribution in [0, 0.1) is 5.82 Å². The lowest BCUT2D eigenvalue weighted by Gasteiger charge is -2.08. The Bertz CT molecular complexity index is 526. The lowest BCUT2D eigenvalue weighted by atomic mass is 10.2. The van der Waals surface area contributed by atoms with Crippen molar-refractivity contribution in [2.45, 2.75) is 35.5 Å². The van der Waals surface area contributed by atoms with Gasteiger partial charge in [-0.05, 0) is 48.4 Å². The third-order valence-corrected chi connectivity index (χ3v) is 3.78. The highest BCUT2D eigenvalue weighted by Gasteiger charge is 2.20. The first kappa shape index (κ1) is 11.7. The molecule has 2 aromatic rings. The van der Waals surface area contributed by atoms with Gasteiger partial charge in [-0.1, -0.05) is 0 Å². The fraction of sp³-hybridized carbons (Fsp3) is 0.308. The van der Waals surface area contributed by atoms with Crippen LogP contribution in [-0.4, -0.2) is 11.0 Å². The zero-order valence-corrected chi connectivity index (χ0v) is 10.5. The maximum Gasteiger partial charge on any atom is 0.260 e. The van der Waals surface area contributed by atoms with Crippen molar-refractivity contribution in [1.29, 1.82) is 0 Å². The van der Waals surface area contributed by atoms with E-state index in [1.807, 2.05) is 0 Å². The molecule has 1 fully saturated rings. The minimum absolute atomic E-state index is 0.209. The fourth-order valence-electron chi connectivity index (χ4n) is 1.68. The SMILES string of the molecule is Fc1ccc(Sc2ncco2)c(CNC2CC2)c1. The van der Waals surface area contributed by atoms with Gasteiger partial charge in [-0.15, -0.1) is 0 Å². The van der Waals surface area contributed by atoms with Gasteiger partial charge < -0.3 is 9.73 Å². The number of hydrogen-bond donors (Lipinski definition) is 1. The molecule has 0 aliphatic heterocycles. The molecule has 0 spiro atoms. The second-order valence-electron chi connectivity index (χ2n) is 4.31. The summed E-state index contributed by atoms with van der Waals surface area (Å²) >= 11 is 1.42. The van der Waals surface area contributed by atoms with Crippen LogP contribution in [0.25, 0.3) is 0 Å². The summed E-state index contributed by atoms with van der Waals surface area (Å²) in [6.07, 6.45) is 5.58. The third-order valence-electron chi connectivity index (χ3n) is 2.79. The summed E-state index contributed by atoms with van der Waals surface area (Å²) < 4.78 is 18.5. The number of rotatable bonds is 5. The second-order valence-corrected chi connectivity index (χ2v) is 5.30. The van der Waals surface area contributed by atoms with Crippen molar-refractivity contribution < 1.29 is 8.81 Å². The summed E-state index contributed by atoms with van der Waals surface area (Å²) in [7, 11) is 0. The van der Waals surface area contributed by atoms with Crippen LogP contribution >= 0.6 is 11.8 Å². The number of nitrogens with one attached hydrogen (secondary N) is 1. The summed E-state index contributed by atoms with van der Waals surface area (Å²) in [5, 5.41) is 3.97. The van der Waals surface area contributed by atoms with Crippen LogP contribution in [0.1, 0.15) is 18.4 Å². The van der Waals surface area contributed by atoms with E-state index in [0.29, 0.717) is 17.8 Å². The van der Waals surface area contributed by atoms with Gasteiger partial charge in [0, 0.05) is 17.5 Å². The molecule has 1 aromatic heterocycles. The summed E-state index contributed by atoms with van der Waals surface area (Å²) in [4.78, 5) is 5.04. The largest absolute Gasteiger partial charge is 0.440 e. The summed E-state index contributed by atoms with van der Waals surface area (Å²) in [6.45, 7) is 0.686. The Morgan fingerprint density at radius 2 is 2.33 bits per heavy atom. The molecule has 5 heteroatoms. The highest BCUT2D eigenvalue weighted by molar-refractivity contribution is 7.99. The molecule has 3 nitrogen and oxygen atoms in total. The highest BCUT2D eigenvalue weighted by Crippen LogP contribution is 2.30. The van der Waals surface area contributed by atoms with E-state index in [1.165, 1.54) is 36.9 Å². The summed E-state index contributed by atoms with van der Waals surface area (Å²) in [6, 6.07) is 5.41. The van der Waals surface area contributed by atoms with Crippen molar-refractivity contribution in [2.24, 2.45) is 0 Å². The number of benzene rings is 1. The van der Waals surface area contributed by atoms with Crippen LogP contribution in [0.4, 0.5) is 4.39 Å². The quantitative estimate of drug-likeness (QED) is 0.900. The predicted octanol–water partition coefficient (Wildman–Crippen LogP) is 3.22. The number of nitrogens with zero attached hydrogens (tertiary/aromatic N) is 1. The van der Waals surface area contributed by atoms with Gasteiger partial charge >= 0.3 is 0 Å². The predicted molar refractivity (Wildman–Crippen MR) is 66.9 cm³/mol. The van der Waals surface area contributed by atoms with Crippen molar-refractivity contribution in [3.05, 3.63) is 42.0 Å². The number of halogens is 1. The number of oxazole rings is 1. The fourth-order valence-corrected chi connectivity index (χ4v) is 2.49. The first-order valence-electron chi connectivity index (χ1n) is 5.90. The van der Waals surface area contributed by atoms with Crippen LogP contribution in [0.5, 0.6) is 0 Å². The molecule has 1 aliphatic carbocycles. The van der Waals surface area contributed by atoms with E-state index >= 15 is 0 Å². The van der Waals surface area contributed by atoms with E-state index in [-0.39, 0.29) is 5.82 Å². The molecule has 0 unspecified atom stereocenters. The van der Waals surface area contributed by atoms with E-state index in [1.54, 1.807) is 18.3 Å². The molecule has 1 heterocycles. The van der Waals surface area contributed by atoms with Gasteiger partial charge in [0.1, 0.15) is 12.1 Å². The average Bonchev–Trinajstić information content (AvgIpc) is 3.06. The van der Waals surface area contributed by atoms with Crippen molar-refractivity contribution in [3.63, 3.8) is 0 Å². The van der Waals surface area contributed by atoms with E-state index in [4.69, 9.17) is 4.42 Å². The van der Waals surface area contributed by atoms with E-state index in [9.17, 15) is 4.39 Å². The molecule has 3 rings (SSSR count). The van der Waals surface area contributed by atoms with Crippen molar-refractivity contribution >= 4 is 11.8 Å². The van der Waals surface area contributed by atoms with Gasteiger partial charge in [0.05, 0.1) is 6.20 Å². The van der Waals surface area contributed by atoms with Crippen molar-refractivity contribution in [2.75, 3.05) is 0 Å². The van der Waals surface area contributed by atoms with Crippen molar-refractivity contribution in [3.8, 4) is 0 Å². The Labute approximate surface area is 109 Å². The standard InChI is InChI=1S/C13H13FN2OS/c14-10-1-4-12(18-13-15-5-6-17-13)9(7-10)8-16-11-2-3-11/h1,4-7,11,16H,2-3,8H2. The van der Waals surface area contributed by atoms with E-state index < -0.39 is 0 Å². The smallest absolute Gasteiger partial charge is 0.260 e. The molecule has 1 N–H and O–H groups in total. The van der Waals surface area contributed by atoms with E-state index in [2.05, 4.69) is 10.3 Å². The molecule has 18 heavy (non-hydrogen) atoms. The molecule has 1 aromatic carbocycles. The summed E-state index contributed by atoms with van der Waals surface area (Å²) in [5.41, 5.74) is 0.949. The van der Waals surface area contributed by atoms with Crippen molar-refractivity contribution in [1.82, 2.24) is 10.3 Å². The first-order valence-corrected chi connectivity index (χ1v) is 6.72. The number of aromatic nitrogens is 1. The Kier molecular flexibility index (Phi) is 3.34. The Morgan fingerprint density at radius 1 is 1.44 bits per heavy atom. The second kappa shape index (κ2) is 5.12. The molecule has 0 radical (unpaired) electrons. The molecule has 94 valence electrons. The first-order chi connectivity index (χ1) is 8.81. The third kappa shape index (κ3) is 2.91. The van der Waals surface area contributed by atoms with Crippen LogP contribution in [0.15, 0.2) is 45.2 Å². The van der Waals surface area contributed by atoms with Gasteiger partial charge in [-0.3, -0.25) is 0 Å². The maximum atomic E-state index is 13.3. The molecular formula is C13H13FN2OS. The molecule has 1 saturated carbocycles. The summed E-state index contributed by atoms with van der Waals surface area (Å²) in [5.74, 6) is -0.209. The van der Waals surface area contributed by atoms with Gasteiger partial charge in [-0.2, -0.15) is 0 Å². The van der Waals surface area contributed by atoms with Gasteiger partial charge in [-0.25, -0.2) is 9.37 Å². The monoisotopic (exact) mass is 264 g/mol. The Balaban J connectivity index is 1.77. The normalized spacial score (nSPS) is 14.9. The van der Waals surface area contributed by atoms with Gasteiger partial charge in [0.25, 0.3) is 5.22 Å². The molecule has 0 amide bonds. The molecule has 0 atom stereocenters. The molecular weight excluding hydrogens is 251 g/mol. The zero-order chi connectivity index (χ0) is 12.4. The van der Waals surface area contributed by atoms with Crippen LogP contribution in [0.3, 0.4) is 0 Å². The zero-order valence-electron chi connectivity index (χ0n) is 9.73. The Morgan fingerprint density at radius 3 is 3.06 bits per heavy atom. The lowest BCUT2D eigenvalue weighted by Crippen LogP contribution is -2.15. The molecule has 1 aliphatic rings. The van der Waals surface area contributed by atoms with Gasteiger partial charge in [0.2, 0.25) is 0 Å². The van der Waals surface area contributed by atoms with Crippen LogP contribution < -0.4 is 5.32 Å². The lowest BCUT2D eigenvalue weighted by molar-refractivity contribution is 0.454. The topological polar surface area (TPSA) is 38.1 Å². The van der Waals surface area contributed by atoms with E-state index in [0.717, 1.165) is 10.5 Å². The minimum Gasteiger partial charge on any atom is -0.440 e. The van der Waals surface area contributed by atoms with Crippen LogP contribution in [0.2, 0.25) is 0 Å². The highest BCUT2D eigenvalue weighted by atomic mass is 32.2. The van der Waals surface area contributed by atoms with Gasteiger partial charge in [0.15, 0.2) is 0 Å². The maximum absolute atomic E-state index is 13.3. The average molecular weight is 264 g/mol. The number of hydrogen-bond acceptors (Lipinski definition) is 4. The Hall–Kier alpha value is -1.33.